The summed E-state index contributed by atoms with van der Waals surface area (Å²) in [6.45, 7) is 2.79. The fraction of sp³-hybridized carbons (Fsp3) is 0.348. The number of anilines is 1. The molecule has 0 aliphatic carbocycles. The average molecular weight is 442 g/mol. The van der Waals surface area contributed by atoms with Crippen molar-refractivity contribution in [2.75, 3.05) is 31.8 Å². The first kappa shape index (κ1) is 21.3. The van der Waals surface area contributed by atoms with Crippen molar-refractivity contribution in [1.82, 2.24) is 9.55 Å². The van der Waals surface area contributed by atoms with Crippen LogP contribution in [0.5, 0.6) is 0 Å². The standard InChI is InChI=1S/C23H24ClN3O4/c1-3-31-22(29)19-20(15-8-6-9-16(24)14-15)27-18-11-5-4-10-17(18)25-23(27)26(21(19)28)12-7-13-30-2/h4-6,8-11,14,19-20H,3,7,12-13H2,1-2H3. The number of rotatable bonds is 7. The van der Waals surface area contributed by atoms with Gasteiger partial charge in [0.15, 0.2) is 5.92 Å². The molecule has 3 aromatic rings. The van der Waals surface area contributed by atoms with Gasteiger partial charge in [-0.1, -0.05) is 35.9 Å². The number of nitrogens with zero attached hydrogens (tertiary/aromatic N) is 3. The first-order valence-corrected chi connectivity index (χ1v) is 10.6. The van der Waals surface area contributed by atoms with E-state index in [1.807, 2.05) is 41.0 Å². The predicted octanol–water partition coefficient (Wildman–Crippen LogP) is 3.84. The number of esters is 1. The molecule has 7 nitrogen and oxygen atoms in total. The van der Waals surface area contributed by atoms with Gasteiger partial charge in [-0.15, -0.1) is 0 Å². The predicted molar refractivity (Wildman–Crippen MR) is 118 cm³/mol. The molecule has 1 aliphatic heterocycles. The Morgan fingerprint density at radius 1 is 1.19 bits per heavy atom. The molecule has 1 aliphatic rings. The van der Waals surface area contributed by atoms with Crippen LogP contribution >= 0.6 is 11.6 Å². The molecule has 0 saturated heterocycles. The molecule has 0 bridgehead atoms. The molecule has 31 heavy (non-hydrogen) atoms. The minimum absolute atomic E-state index is 0.187. The Morgan fingerprint density at radius 3 is 2.74 bits per heavy atom. The number of hydrogen-bond acceptors (Lipinski definition) is 5. The van der Waals surface area contributed by atoms with Gasteiger partial charge in [0.25, 0.3) is 0 Å². The molecule has 2 unspecified atom stereocenters. The zero-order chi connectivity index (χ0) is 22.0. The van der Waals surface area contributed by atoms with E-state index in [0.29, 0.717) is 30.5 Å². The number of para-hydroxylation sites is 2. The Labute approximate surface area is 185 Å². The van der Waals surface area contributed by atoms with Crippen molar-refractivity contribution < 1.29 is 19.1 Å². The first-order chi connectivity index (χ1) is 15.1. The van der Waals surface area contributed by atoms with Crippen molar-refractivity contribution >= 4 is 40.5 Å². The van der Waals surface area contributed by atoms with Gasteiger partial charge in [-0.05, 0) is 43.2 Å². The Bertz CT molecular complexity index is 1110. The summed E-state index contributed by atoms with van der Waals surface area (Å²) in [5.41, 5.74) is 2.33. The molecule has 0 fully saturated rings. The van der Waals surface area contributed by atoms with Gasteiger partial charge in [0.05, 0.1) is 23.7 Å². The number of imidazole rings is 1. The minimum atomic E-state index is -1.05. The average Bonchev–Trinajstić information content (AvgIpc) is 3.14. The van der Waals surface area contributed by atoms with Crippen LogP contribution in [0, 0.1) is 5.92 Å². The lowest BCUT2D eigenvalue weighted by Crippen LogP contribution is -2.50. The second-order valence-corrected chi connectivity index (χ2v) is 7.77. The van der Waals surface area contributed by atoms with Crippen molar-refractivity contribution in [3.63, 3.8) is 0 Å². The van der Waals surface area contributed by atoms with Crippen LogP contribution in [0.4, 0.5) is 5.95 Å². The van der Waals surface area contributed by atoms with Gasteiger partial charge < -0.3 is 14.0 Å². The molecular weight excluding hydrogens is 418 g/mol. The third kappa shape index (κ3) is 3.91. The summed E-state index contributed by atoms with van der Waals surface area (Å²) in [7, 11) is 1.61. The van der Waals surface area contributed by atoms with E-state index >= 15 is 0 Å². The number of aromatic nitrogens is 2. The Morgan fingerprint density at radius 2 is 2.00 bits per heavy atom. The molecule has 8 heteroatoms. The van der Waals surface area contributed by atoms with Gasteiger partial charge >= 0.3 is 5.97 Å². The van der Waals surface area contributed by atoms with Gasteiger partial charge in [-0.25, -0.2) is 4.98 Å². The van der Waals surface area contributed by atoms with Crippen molar-refractivity contribution in [3.05, 3.63) is 59.1 Å². The van der Waals surface area contributed by atoms with Crippen LogP contribution in [0.2, 0.25) is 5.02 Å². The van der Waals surface area contributed by atoms with Crippen LogP contribution < -0.4 is 4.90 Å². The summed E-state index contributed by atoms with van der Waals surface area (Å²) in [5.74, 6) is -1.43. The third-order valence-corrected chi connectivity index (χ3v) is 5.64. The van der Waals surface area contributed by atoms with E-state index in [1.165, 1.54) is 0 Å². The van der Waals surface area contributed by atoms with E-state index in [-0.39, 0.29) is 12.5 Å². The highest BCUT2D eigenvalue weighted by Gasteiger charge is 2.47. The maximum Gasteiger partial charge on any atom is 0.321 e. The van der Waals surface area contributed by atoms with Gasteiger partial charge in [-0.2, -0.15) is 0 Å². The van der Waals surface area contributed by atoms with Crippen molar-refractivity contribution in [3.8, 4) is 0 Å². The Kier molecular flexibility index (Phi) is 6.25. The fourth-order valence-corrected chi connectivity index (χ4v) is 4.32. The number of carbonyl (C=O) groups is 2. The number of ether oxygens (including phenoxy) is 2. The molecule has 2 atom stereocenters. The molecule has 1 aromatic heterocycles. The van der Waals surface area contributed by atoms with Gasteiger partial charge in [0.2, 0.25) is 11.9 Å². The fourth-order valence-electron chi connectivity index (χ4n) is 4.12. The molecular formula is C23H24ClN3O4. The zero-order valence-corrected chi connectivity index (χ0v) is 18.2. The second-order valence-electron chi connectivity index (χ2n) is 7.34. The molecule has 0 radical (unpaired) electrons. The molecule has 0 saturated carbocycles. The monoisotopic (exact) mass is 441 g/mol. The normalized spacial score (nSPS) is 18.3. The van der Waals surface area contributed by atoms with E-state index in [9.17, 15) is 9.59 Å². The van der Waals surface area contributed by atoms with Gasteiger partial charge in [0, 0.05) is 25.3 Å². The summed E-state index contributed by atoms with van der Waals surface area (Å²) in [6, 6.07) is 14.3. The number of carbonyl (C=O) groups excluding carboxylic acids is 2. The van der Waals surface area contributed by atoms with Crippen LogP contribution in [0.15, 0.2) is 48.5 Å². The molecule has 0 spiro atoms. The maximum absolute atomic E-state index is 13.6. The number of benzene rings is 2. The van der Waals surface area contributed by atoms with Gasteiger partial charge in [0.1, 0.15) is 0 Å². The minimum Gasteiger partial charge on any atom is -0.465 e. The van der Waals surface area contributed by atoms with E-state index in [4.69, 9.17) is 26.1 Å². The van der Waals surface area contributed by atoms with E-state index in [2.05, 4.69) is 0 Å². The molecule has 0 N–H and O–H groups in total. The van der Waals surface area contributed by atoms with E-state index < -0.39 is 17.9 Å². The second kappa shape index (κ2) is 9.08. The topological polar surface area (TPSA) is 73.7 Å². The molecule has 162 valence electrons. The lowest BCUT2D eigenvalue weighted by molar-refractivity contribution is -0.153. The summed E-state index contributed by atoms with van der Waals surface area (Å²) < 4.78 is 12.4. The van der Waals surface area contributed by atoms with Crippen molar-refractivity contribution in [2.24, 2.45) is 5.92 Å². The largest absolute Gasteiger partial charge is 0.465 e. The van der Waals surface area contributed by atoms with Crippen molar-refractivity contribution in [1.29, 1.82) is 0 Å². The number of fused-ring (bicyclic) bond motifs is 3. The van der Waals surface area contributed by atoms with Crippen LogP contribution in [-0.2, 0) is 19.1 Å². The molecule has 2 heterocycles. The van der Waals surface area contributed by atoms with E-state index in [1.54, 1.807) is 31.1 Å². The smallest absolute Gasteiger partial charge is 0.321 e. The number of amides is 1. The number of halogens is 1. The number of methoxy groups -OCH3 is 1. The quantitative estimate of drug-likeness (QED) is 0.316. The summed E-state index contributed by atoms with van der Waals surface area (Å²) >= 11 is 6.27. The zero-order valence-electron chi connectivity index (χ0n) is 17.5. The SMILES string of the molecule is CCOC(=O)C1C(=O)N(CCCOC)c2nc3ccccc3n2C1c1cccc(Cl)c1. The maximum atomic E-state index is 13.6. The first-order valence-electron chi connectivity index (χ1n) is 10.3. The summed E-state index contributed by atoms with van der Waals surface area (Å²) in [6.07, 6.45) is 0.614. The highest BCUT2D eigenvalue weighted by Crippen LogP contribution is 2.41. The highest BCUT2D eigenvalue weighted by atomic mass is 35.5. The Hall–Kier alpha value is -2.90. The van der Waals surface area contributed by atoms with Crippen LogP contribution in [0.1, 0.15) is 24.9 Å². The molecule has 2 aromatic carbocycles. The van der Waals surface area contributed by atoms with Crippen molar-refractivity contribution in [2.45, 2.75) is 19.4 Å². The highest BCUT2D eigenvalue weighted by molar-refractivity contribution is 6.30. The molecule has 4 rings (SSSR count). The summed E-state index contributed by atoms with van der Waals surface area (Å²) in [5, 5.41) is 0.529. The summed E-state index contributed by atoms with van der Waals surface area (Å²) in [4.78, 5) is 33.0. The van der Waals surface area contributed by atoms with Crippen LogP contribution in [-0.4, -0.2) is 48.3 Å². The lowest BCUT2D eigenvalue weighted by Gasteiger charge is -2.38. The van der Waals surface area contributed by atoms with Crippen LogP contribution in [0.25, 0.3) is 11.0 Å². The third-order valence-electron chi connectivity index (χ3n) is 5.41. The van der Waals surface area contributed by atoms with Crippen LogP contribution in [0.3, 0.4) is 0 Å². The Balaban J connectivity index is 1.94. The lowest BCUT2D eigenvalue weighted by atomic mass is 9.89. The van der Waals surface area contributed by atoms with Gasteiger partial charge in [-0.3, -0.25) is 14.5 Å². The number of hydrogen-bond donors (Lipinski definition) is 0. The van der Waals surface area contributed by atoms with E-state index in [0.717, 1.165) is 16.6 Å². The molecule has 1 amide bonds.